The van der Waals surface area contributed by atoms with Gasteiger partial charge in [-0.25, -0.2) is 0 Å². The largest absolute Gasteiger partial charge is 0.398 e. The topological polar surface area (TPSA) is 80.4 Å². The maximum Gasteiger partial charge on any atom is 0.295 e. The van der Waals surface area contributed by atoms with Gasteiger partial charge in [-0.2, -0.15) is 8.42 Å². The number of nitrogen functional groups attached to an aromatic ring is 1. The lowest BCUT2D eigenvalue weighted by atomic mass is 10.1. The van der Waals surface area contributed by atoms with Crippen LogP contribution in [0.1, 0.15) is 5.56 Å². The number of anilines is 1. The van der Waals surface area contributed by atoms with Gasteiger partial charge in [-0.1, -0.05) is 24.3 Å². The van der Waals surface area contributed by atoms with E-state index in [-0.39, 0.29) is 4.90 Å². The number of nitrogens with two attached hydrogens (primary N) is 1. The second-order valence-corrected chi connectivity index (χ2v) is 4.99. The Labute approximate surface area is 93.4 Å². The molecule has 2 rings (SSSR count). The molecule has 5 heteroatoms. The van der Waals surface area contributed by atoms with Crippen molar-refractivity contribution >= 4 is 26.6 Å². The third kappa shape index (κ3) is 1.64. The Hall–Kier alpha value is -1.59. The first-order valence-electron chi connectivity index (χ1n) is 4.66. The molecule has 0 heterocycles. The summed E-state index contributed by atoms with van der Waals surface area (Å²) in [6, 6.07) is 8.34. The van der Waals surface area contributed by atoms with Crippen LogP contribution in [-0.2, 0) is 10.1 Å². The van der Waals surface area contributed by atoms with Gasteiger partial charge in [0.15, 0.2) is 0 Å². The number of fused-ring (bicyclic) bond motifs is 1. The van der Waals surface area contributed by atoms with Gasteiger partial charge in [-0.15, -0.1) is 0 Å². The summed E-state index contributed by atoms with van der Waals surface area (Å²) in [7, 11) is -4.23. The second kappa shape index (κ2) is 3.47. The molecule has 16 heavy (non-hydrogen) atoms. The first-order valence-corrected chi connectivity index (χ1v) is 6.10. The zero-order valence-corrected chi connectivity index (χ0v) is 9.45. The molecule has 0 aliphatic carbocycles. The van der Waals surface area contributed by atoms with E-state index >= 15 is 0 Å². The lowest BCUT2D eigenvalue weighted by Gasteiger charge is -2.08. The minimum Gasteiger partial charge on any atom is -0.398 e. The van der Waals surface area contributed by atoms with Crippen molar-refractivity contribution in [2.24, 2.45) is 0 Å². The number of hydrogen-bond donors (Lipinski definition) is 2. The number of aryl methyl sites for hydroxylation is 1. The van der Waals surface area contributed by atoms with Crippen molar-refractivity contribution < 1.29 is 13.0 Å². The average molecular weight is 237 g/mol. The van der Waals surface area contributed by atoms with Crippen LogP contribution in [0.25, 0.3) is 10.8 Å². The van der Waals surface area contributed by atoms with E-state index in [4.69, 9.17) is 5.73 Å². The average Bonchev–Trinajstić information content (AvgIpc) is 2.15. The maximum absolute atomic E-state index is 11.3. The highest BCUT2D eigenvalue weighted by Gasteiger charge is 2.17. The Bertz CT molecular complexity index is 662. The van der Waals surface area contributed by atoms with E-state index in [9.17, 15) is 13.0 Å². The molecule has 0 aliphatic rings. The highest BCUT2D eigenvalue weighted by molar-refractivity contribution is 7.86. The van der Waals surface area contributed by atoms with E-state index in [1.165, 1.54) is 0 Å². The Kier molecular flexibility index (Phi) is 2.36. The molecule has 0 spiro atoms. The normalized spacial score (nSPS) is 11.9. The molecule has 0 bridgehead atoms. The molecule has 0 saturated heterocycles. The number of benzene rings is 2. The molecule has 84 valence electrons. The van der Waals surface area contributed by atoms with Crippen LogP contribution in [-0.4, -0.2) is 13.0 Å². The van der Waals surface area contributed by atoms with Crippen LogP contribution in [0.15, 0.2) is 35.2 Å². The standard InChI is InChI=1S/C11H11NO3S/c1-7-5-6-8-9(3-2-4-10(8)12)11(7)16(13,14)15/h2-6H,12H2,1H3,(H,13,14,15). The van der Waals surface area contributed by atoms with Gasteiger partial charge in [0, 0.05) is 16.5 Å². The van der Waals surface area contributed by atoms with Crippen molar-refractivity contribution in [1.82, 2.24) is 0 Å². The van der Waals surface area contributed by atoms with Crippen molar-refractivity contribution in [2.75, 3.05) is 5.73 Å². The first kappa shape index (κ1) is 10.9. The SMILES string of the molecule is Cc1ccc2c(N)cccc2c1S(=O)(=O)O. The minimum absolute atomic E-state index is 0.0719. The van der Waals surface area contributed by atoms with E-state index in [1.807, 2.05) is 0 Å². The molecule has 3 N–H and O–H groups in total. The summed E-state index contributed by atoms with van der Waals surface area (Å²) in [4.78, 5) is -0.0719. The molecule has 0 amide bonds. The molecule has 0 radical (unpaired) electrons. The predicted molar refractivity (Wildman–Crippen MR) is 62.9 cm³/mol. The highest BCUT2D eigenvalue weighted by atomic mass is 32.2. The molecule has 0 saturated carbocycles. The van der Waals surface area contributed by atoms with Crippen LogP contribution in [0.4, 0.5) is 5.69 Å². The smallest absolute Gasteiger partial charge is 0.295 e. The van der Waals surface area contributed by atoms with Crippen molar-refractivity contribution in [2.45, 2.75) is 11.8 Å². The van der Waals surface area contributed by atoms with Crippen molar-refractivity contribution in [3.05, 3.63) is 35.9 Å². The summed E-state index contributed by atoms with van der Waals surface area (Å²) in [6.45, 7) is 1.63. The molecular weight excluding hydrogens is 226 g/mol. The summed E-state index contributed by atoms with van der Waals surface area (Å²) in [6.07, 6.45) is 0. The summed E-state index contributed by atoms with van der Waals surface area (Å²) in [5.74, 6) is 0. The van der Waals surface area contributed by atoms with E-state index < -0.39 is 10.1 Å². The van der Waals surface area contributed by atoms with E-state index in [2.05, 4.69) is 0 Å². The fourth-order valence-electron chi connectivity index (χ4n) is 1.81. The molecule has 2 aromatic rings. The Balaban J connectivity index is 3.03. The van der Waals surface area contributed by atoms with E-state index in [0.29, 0.717) is 22.0 Å². The molecule has 0 atom stereocenters. The van der Waals surface area contributed by atoms with Gasteiger partial charge in [0.25, 0.3) is 10.1 Å². The lowest BCUT2D eigenvalue weighted by molar-refractivity contribution is 0.483. The van der Waals surface area contributed by atoms with Gasteiger partial charge in [0.05, 0.1) is 0 Å². The zero-order chi connectivity index (χ0) is 11.9. The molecule has 0 aromatic heterocycles. The fraction of sp³-hybridized carbons (Fsp3) is 0.0909. The predicted octanol–water partition coefficient (Wildman–Crippen LogP) is 1.98. The number of rotatable bonds is 1. The van der Waals surface area contributed by atoms with E-state index in [1.54, 1.807) is 37.3 Å². The quantitative estimate of drug-likeness (QED) is 0.587. The zero-order valence-electron chi connectivity index (χ0n) is 8.64. The minimum atomic E-state index is -4.23. The Morgan fingerprint density at radius 2 is 1.81 bits per heavy atom. The third-order valence-electron chi connectivity index (χ3n) is 2.50. The van der Waals surface area contributed by atoms with Gasteiger partial charge in [0.2, 0.25) is 0 Å². The first-order chi connectivity index (χ1) is 7.41. The van der Waals surface area contributed by atoms with Crippen LogP contribution in [0.5, 0.6) is 0 Å². The highest BCUT2D eigenvalue weighted by Crippen LogP contribution is 2.29. The van der Waals surface area contributed by atoms with Gasteiger partial charge in [0.1, 0.15) is 4.90 Å². The van der Waals surface area contributed by atoms with Crippen LogP contribution in [0, 0.1) is 6.92 Å². The lowest BCUT2D eigenvalue weighted by Crippen LogP contribution is -2.02. The van der Waals surface area contributed by atoms with Crippen LogP contribution < -0.4 is 5.73 Å². The summed E-state index contributed by atoms with van der Waals surface area (Å²) in [5, 5.41) is 1.07. The third-order valence-corrected chi connectivity index (χ3v) is 3.56. The van der Waals surface area contributed by atoms with Crippen molar-refractivity contribution in [1.29, 1.82) is 0 Å². The Morgan fingerprint density at radius 1 is 1.12 bits per heavy atom. The van der Waals surface area contributed by atoms with Crippen LogP contribution in [0.3, 0.4) is 0 Å². The maximum atomic E-state index is 11.3. The van der Waals surface area contributed by atoms with Gasteiger partial charge >= 0.3 is 0 Å². The summed E-state index contributed by atoms with van der Waals surface area (Å²) >= 11 is 0. The van der Waals surface area contributed by atoms with Gasteiger partial charge in [-0.3, -0.25) is 4.55 Å². The summed E-state index contributed by atoms with van der Waals surface area (Å²) in [5.41, 5.74) is 6.73. The molecule has 0 unspecified atom stereocenters. The summed E-state index contributed by atoms with van der Waals surface area (Å²) < 4.78 is 31.8. The fourth-order valence-corrected chi connectivity index (χ4v) is 2.74. The second-order valence-electron chi connectivity index (χ2n) is 3.63. The number of hydrogen-bond acceptors (Lipinski definition) is 3. The van der Waals surface area contributed by atoms with E-state index in [0.717, 1.165) is 0 Å². The monoisotopic (exact) mass is 237 g/mol. The van der Waals surface area contributed by atoms with Gasteiger partial charge in [-0.05, 0) is 18.6 Å². The van der Waals surface area contributed by atoms with Crippen LogP contribution in [0.2, 0.25) is 0 Å². The molecule has 0 aliphatic heterocycles. The van der Waals surface area contributed by atoms with Gasteiger partial charge < -0.3 is 5.73 Å². The molecular formula is C11H11NO3S. The Morgan fingerprint density at radius 3 is 2.44 bits per heavy atom. The van der Waals surface area contributed by atoms with Crippen molar-refractivity contribution in [3.8, 4) is 0 Å². The molecule has 2 aromatic carbocycles. The van der Waals surface area contributed by atoms with Crippen LogP contribution >= 0.6 is 0 Å². The van der Waals surface area contributed by atoms with Crippen molar-refractivity contribution in [3.63, 3.8) is 0 Å². The molecule has 0 fully saturated rings. The molecule has 4 nitrogen and oxygen atoms in total.